The second-order valence-electron chi connectivity index (χ2n) is 8.13. The molecule has 0 aliphatic heterocycles. The first-order chi connectivity index (χ1) is 10.3. The highest BCUT2D eigenvalue weighted by atomic mass is 14.5. The van der Waals surface area contributed by atoms with Crippen LogP contribution in [0.5, 0.6) is 0 Å². The van der Waals surface area contributed by atoms with Crippen molar-refractivity contribution in [2.24, 2.45) is 23.7 Å². The van der Waals surface area contributed by atoms with Crippen LogP contribution in [0.2, 0.25) is 0 Å². The molecule has 3 aliphatic carbocycles. The van der Waals surface area contributed by atoms with E-state index in [1.54, 1.807) is 31.2 Å². The van der Waals surface area contributed by atoms with Crippen molar-refractivity contribution in [3.8, 4) is 0 Å². The number of fused-ring (bicyclic) bond motifs is 3. The lowest BCUT2D eigenvalue weighted by atomic mass is 9.56. The van der Waals surface area contributed by atoms with Gasteiger partial charge in [0.1, 0.15) is 0 Å². The Morgan fingerprint density at radius 2 is 1.57 bits per heavy atom. The molecule has 0 amide bonds. The van der Waals surface area contributed by atoms with Gasteiger partial charge in [0.05, 0.1) is 0 Å². The second kappa shape index (κ2) is 5.78. The van der Waals surface area contributed by atoms with E-state index in [2.05, 4.69) is 31.2 Å². The molecule has 3 saturated carbocycles. The average Bonchev–Trinajstić information content (AvgIpc) is 2.54. The molecule has 4 rings (SSSR count). The average molecular weight is 282 g/mol. The summed E-state index contributed by atoms with van der Waals surface area (Å²) in [7, 11) is 0. The van der Waals surface area contributed by atoms with E-state index in [4.69, 9.17) is 0 Å². The molecule has 3 aliphatic rings. The van der Waals surface area contributed by atoms with Crippen LogP contribution >= 0.6 is 0 Å². The highest BCUT2D eigenvalue weighted by molar-refractivity contribution is 5.26. The van der Waals surface area contributed by atoms with Crippen molar-refractivity contribution >= 4 is 0 Å². The molecule has 1 aromatic rings. The molecule has 1 aromatic carbocycles. The number of rotatable bonds is 1. The van der Waals surface area contributed by atoms with Gasteiger partial charge in [-0.15, -0.1) is 0 Å². The Balaban J connectivity index is 1.53. The van der Waals surface area contributed by atoms with Gasteiger partial charge in [0.2, 0.25) is 0 Å². The number of hydrogen-bond donors (Lipinski definition) is 0. The first kappa shape index (κ1) is 13.9. The Kier molecular flexibility index (Phi) is 3.81. The summed E-state index contributed by atoms with van der Waals surface area (Å²) in [6, 6.07) is 9.35. The molecule has 0 heteroatoms. The van der Waals surface area contributed by atoms with Crippen molar-refractivity contribution in [3.05, 3.63) is 35.4 Å². The second-order valence-corrected chi connectivity index (χ2v) is 8.13. The third-order valence-corrected chi connectivity index (χ3v) is 6.99. The molecule has 5 unspecified atom stereocenters. The third kappa shape index (κ3) is 2.67. The zero-order chi connectivity index (χ0) is 14.2. The molecule has 114 valence electrons. The molecule has 0 nitrogen and oxygen atoms in total. The lowest BCUT2D eigenvalue weighted by Gasteiger charge is -2.49. The highest BCUT2D eigenvalue weighted by Crippen LogP contribution is 2.54. The summed E-state index contributed by atoms with van der Waals surface area (Å²) < 4.78 is 0. The van der Waals surface area contributed by atoms with E-state index in [1.165, 1.54) is 37.7 Å². The van der Waals surface area contributed by atoms with Crippen LogP contribution in [-0.2, 0) is 0 Å². The standard InChI is InChI=1S/C21H30/c1-15-5-4-7-18(13-15)19-12-11-17-10-9-16-6-2-3-8-20(16)21(17)14-19/h4-5,7,13,16-17,19-21H,2-3,6,8-12,14H2,1H3. The number of benzene rings is 1. The summed E-state index contributed by atoms with van der Waals surface area (Å²) in [6.07, 6.45) is 13.7. The fraction of sp³-hybridized carbons (Fsp3) is 0.714. The summed E-state index contributed by atoms with van der Waals surface area (Å²) in [5.41, 5.74) is 3.07. The fourth-order valence-corrected chi connectivity index (χ4v) is 5.96. The summed E-state index contributed by atoms with van der Waals surface area (Å²) in [5.74, 6) is 5.17. The predicted octanol–water partition coefficient (Wildman–Crippen LogP) is 6.10. The van der Waals surface area contributed by atoms with E-state index in [1.807, 2.05) is 0 Å². The van der Waals surface area contributed by atoms with Gasteiger partial charge in [-0.05, 0) is 80.6 Å². The minimum atomic E-state index is 0.854. The largest absolute Gasteiger partial charge is 0.0617 e. The van der Waals surface area contributed by atoms with E-state index < -0.39 is 0 Å². The van der Waals surface area contributed by atoms with Crippen LogP contribution in [0.4, 0.5) is 0 Å². The number of hydrogen-bond acceptors (Lipinski definition) is 0. The normalized spacial score (nSPS) is 39.4. The lowest BCUT2D eigenvalue weighted by molar-refractivity contribution is 0.0212. The molecule has 0 heterocycles. The van der Waals surface area contributed by atoms with Crippen LogP contribution in [0.25, 0.3) is 0 Å². The monoisotopic (exact) mass is 282 g/mol. The van der Waals surface area contributed by atoms with Crippen molar-refractivity contribution in [2.45, 2.75) is 70.6 Å². The molecule has 0 saturated heterocycles. The Labute approximate surface area is 130 Å². The van der Waals surface area contributed by atoms with Crippen molar-refractivity contribution in [2.75, 3.05) is 0 Å². The first-order valence-corrected chi connectivity index (χ1v) is 9.38. The van der Waals surface area contributed by atoms with Crippen molar-refractivity contribution < 1.29 is 0 Å². The smallest absolute Gasteiger partial charge is 0.0159 e. The van der Waals surface area contributed by atoms with Crippen LogP contribution in [0.15, 0.2) is 24.3 Å². The van der Waals surface area contributed by atoms with E-state index in [0.717, 1.165) is 29.6 Å². The van der Waals surface area contributed by atoms with Crippen molar-refractivity contribution in [3.63, 3.8) is 0 Å². The molecule has 0 aromatic heterocycles. The van der Waals surface area contributed by atoms with Gasteiger partial charge < -0.3 is 0 Å². The Hall–Kier alpha value is -0.780. The van der Waals surface area contributed by atoms with E-state index in [-0.39, 0.29) is 0 Å². The topological polar surface area (TPSA) is 0 Å². The van der Waals surface area contributed by atoms with Gasteiger partial charge in [-0.25, -0.2) is 0 Å². The van der Waals surface area contributed by atoms with Gasteiger partial charge >= 0.3 is 0 Å². The third-order valence-electron chi connectivity index (χ3n) is 6.99. The minimum Gasteiger partial charge on any atom is -0.0617 e. The van der Waals surface area contributed by atoms with Gasteiger partial charge in [-0.3, -0.25) is 0 Å². The van der Waals surface area contributed by atoms with Crippen LogP contribution < -0.4 is 0 Å². The molecule has 0 N–H and O–H groups in total. The van der Waals surface area contributed by atoms with Crippen molar-refractivity contribution in [1.29, 1.82) is 0 Å². The Morgan fingerprint density at radius 1 is 0.810 bits per heavy atom. The molecular formula is C21H30. The van der Waals surface area contributed by atoms with E-state index >= 15 is 0 Å². The zero-order valence-electron chi connectivity index (χ0n) is 13.6. The van der Waals surface area contributed by atoms with Gasteiger partial charge in [-0.2, -0.15) is 0 Å². The summed E-state index contributed by atoms with van der Waals surface area (Å²) >= 11 is 0. The van der Waals surface area contributed by atoms with Crippen LogP contribution in [0.1, 0.15) is 74.8 Å². The van der Waals surface area contributed by atoms with Crippen LogP contribution in [0, 0.1) is 30.6 Å². The molecule has 3 fully saturated rings. The fourth-order valence-electron chi connectivity index (χ4n) is 5.96. The van der Waals surface area contributed by atoms with Crippen molar-refractivity contribution in [1.82, 2.24) is 0 Å². The number of aryl methyl sites for hydroxylation is 1. The zero-order valence-corrected chi connectivity index (χ0v) is 13.6. The highest BCUT2D eigenvalue weighted by Gasteiger charge is 2.43. The predicted molar refractivity (Wildman–Crippen MR) is 89.4 cm³/mol. The van der Waals surface area contributed by atoms with Crippen LogP contribution in [-0.4, -0.2) is 0 Å². The lowest BCUT2D eigenvalue weighted by Crippen LogP contribution is -2.39. The van der Waals surface area contributed by atoms with Crippen LogP contribution in [0.3, 0.4) is 0 Å². The van der Waals surface area contributed by atoms with Gasteiger partial charge in [0, 0.05) is 0 Å². The molecule has 0 bridgehead atoms. The van der Waals surface area contributed by atoms with Gasteiger partial charge in [0.25, 0.3) is 0 Å². The molecule has 21 heavy (non-hydrogen) atoms. The molecule has 5 atom stereocenters. The maximum Gasteiger partial charge on any atom is -0.0159 e. The molecular weight excluding hydrogens is 252 g/mol. The van der Waals surface area contributed by atoms with Gasteiger partial charge in [-0.1, -0.05) is 49.1 Å². The summed E-state index contributed by atoms with van der Waals surface area (Å²) in [4.78, 5) is 0. The SMILES string of the molecule is Cc1cccc(C2CCC3CCC4CCCCC4C3C2)c1. The summed E-state index contributed by atoms with van der Waals surface area (Å²) in [5, 5.41) is 0. The molecule has 0 radical (unpaired) electrons. The van der Waals surface area contributed by atoms with Gasteiger partial charge in [0.15, 0.2) is 0 Å². The first-order valence-electron chi connectivity index (χ1n) is 9.38. The quantitative estimate of drug-likeness (QED) is 0.584. The summed E-state index contributed by atoms with van der Waals surface area (Å²) in [6.45, 7) is 2.24. The molecule has 0 spiro atoms. The maximum absolute atomic E-state index is 2.45. The Bertz CT molecular complexity index is 489. The van der Waals surface area contributed by atoms with E-state index in [9.17, 15) is 0 Å². The van der Waals surface area contributed by atoms with E-state index in [0.29, 0.717) is 0 Å². The maximum atomic E-state index is 2.45. The Morgan fingerprint density at radius 3 is 2.43 bits per heavy atom. The minimum absolute atomic E-state index is 0.854.